The summed E-state index contributed by atoms with van der Waals surface area (Å²) in [6.07, 6.45) is 1.58. The molecule has 0 bridgehead atoms. The van der Waals surface area contributed by atoms with Crippen LogP contribution in [0.3, 0.4) is 0 Å². The fraction of sp³-hybridized carbons (Fsp3) is 0. The SMILES string of the molecule is [N-]=Nc1nccs1. The molecule has 1 aromatic rings. The summed E-state index contributed by atoms with van der Waals surface area (Å²) in [6, 6.07) is 0. The predicted octanol–water partition coefficient (Wildman–Crippen LogP) is 1.80. The molecular weight excluding hydrogens is 110 g/mol. The molecule has 0 spiro atoms. The molecule has 0 aromatic carbocycles. The molecule has 0 radical (unpaired) electrons. The van der Waals surface area contributed by atoms with E-state index in [4.69, 9.17) is 5.53 Å². The number of thiazole rings is 1. The molecule has 7 heavy (non-hydrogen) atoms. The normalized spacial score (nSPS) is 8.57. The van der Waals surface area contributed by atoms with Crippen LogP contribution in [0.5, 0.6) is 0 Å². The van der Waals surface area contributed by atoms with Gasteiger partial charge in [0.15, 0.2) is 5.13 Å². The van der Waals surface area contributed by atoms with Gasteiger partial charge in [-0.3, -0.25) is 0 Å². The van der Waals surface area contributed by atoms with E-state index in [9.17, 15) is 0 Å². The van der Waals surface area contributed by atoms with Crippen LogP contribution >= 0.6 is 11.3 Å². The highest BCUT2D eigenvalue weighted by Crippen LogP contribution is 2.12. The van der Waals surface area contributed by atoms with Crippen molar-refractivity contribution in [2.45, 2.75) is 0 Å². The maximum absolute atomic E-state index is 8.00. The van der Waals surface area contributed by atoms with Crippen molar-refractivity contribution in [1.82, 2.24) is 4.98 Å². The van der Waals surface area contributed by atoms with E-state index in [1.165, 1.54) is 11.3 Å². The van der Waals surface area contributed by atoms with Gasteiger partial charge < -0.3 is 10.6 Å². The van der Waals surface area contributed by atoms with Crippen LogP contribution in [0.2, 0.25) is 0 Å². The van der Waals surface area contributed by atoms with Crippen molar-refractivity contribution >= 4 is 16.5 Å². The lowest BCUT2D eigenvalue weighted by Crippen LogP contribution is -1.48. The Morgan fingerprint density at radius 1 is 1.86 bits per heavy atom. The van der Waals surface area contributed by atoms with Crippen LogP contribution in [0.15, 0.2) is 16.7 Å². The number of nitrogens with zero attached hydrogens (tertiary/aromatic N) is 3. The highest BCUT2D eigenvalue weighted by molar-refractivity contribution is 7.13. The molecule has 3 nitrogen and oxygen atoms in total. The Balaban J connectivity index is 2.96. The monoisotopic (exact) mass is 112 g/mol. The van der Waals surface area contributed by atoms with Crippen LogP contribution in [-0.2, 0) is 0 Å². The number of hydrogen-bond donors (Lipinski definition) is 0. The van der Waals surface area contributed by atoms with E-state index < -0.39 is 0 Å². The van der Waals surface area contributed by atoms with Crippen LogP contribution < -0.4 is 0 Å². The van der Waals surface area contributed by atoms with Gasteiger partial charge in [-0.1, -0.05) is 0 Å². The van der Waals surface area contributed by atoms with E-state index in [1.807, 2.05) is 0 Å². The maximum Gasteiger partial charge on any atom is 0.188 e. The topological polar surface area (TPSA) is 47.5 Å². The smallest absolute Gasteiger partial charge is 0.188 e. The second kappa shape index (κ2) is 1.79. The Morgan fingerprint density at radius 2 is 2.71 bits per heavy atom. The molecule has 0 aliphatic heterocycles. The Labute approximate surface area is 44.5 Å². The standard InChI is InChI=1S/C3H2N3S/c4-6-3-5-1-2-7-3/h1-2H/q-1. The second-order valence-electron chi connectivity index (χ2n) is 0.915. The third-order valence-electron chi connectivity index (χ3n) is 0.505. The van der Waals surface area contributed by atoms with Crippen LogP contribution in [0, 0.1) is 0 Å². The summed E-state index contributed by atoms with van der Waals surface area (Å²) in [5.41, 5.74) is 8.00. The molecule has 0 aliphatic rings. The van der Waals surface area contributed by atoms with Crippen molar-refractivity contribution < 1.29 is 0 Å². The molecule has 0 N–H and O–H groups in total. The molecule has 0 unspecified atom stereocenters. The van der Waals surface area contributed by atoms with Crippen molar-refractivity contribution in [2.75, 3.05) is 0 Å². The van der Waals surface area contributed by atoms with Gasteiger partial charge in [0.1, 0.15) is 0 Å². The highest BCUT2D eigenvalue weighted by Gasteiger charge is 1.78. The van der Waals surface area contributed by atoms with E-state index in [0.29, 0.717) is 5.13 Å². The summed E-state index contributed by atoms with van der Waals surface area (Å²) in [5.74, 6) is 0. The van der Waals surface area contributed by atoms with Crippen molar-refractivity contribution in [3.63, 3.8) is 0 Å². The van der Waals surface area contributed by atoms with Crippen molar-refractivity contribution in [3.05, 3.63) is 17.1 Å². The molecule has 4 heteroatoms. The van der Waals surface area contributed by atoms with Crippen molar-refractivity contribution in [2.24, 2.45) is 5.11 Å². The zero-order valence-corrected chi connectivity index (χ0v) is 4.22. The van der Waals surface area contributed by atoms with Crippen LogP contribution in [0.4, 0.5) is 5.13 Å². The Kier molecular flexibility index (Phi) is 1.12. The van der Waals surface area contributed by atoms with Gasteiger partial charge in [-0.05, 0) is 0 Å². The summed E-state index contributed by atoms with van der Waals surface area (Å²) >= 11 is 1.30. The fourth-order valence-electron chi connectivity index (χ4n) is 0.265. The number of aromatic nitrogens is 1. The average molecular weight is 112 g/mol. The zero-order valence-electron chi connectivity index (χ0n) is 3.40. The molecule has 0 atom stereocenters. The quantitative estimate of drug-likeness (QED) is 0.511. The first-order valence-electron chi connectivity index (χ1n) is 1.68. The molecule has 0 amide bonds. The number of rotatable bonds is 1. The van der Waals surface area contributed by atoms with Gasteiger partial charge in [-0.25, -0.2) is 4.98 Å². The summed E-state index contributed by atoms with van der Waals surface area (Å²) in [7, 11) is 0. The average Bonchev–Trinajstić information content (AvgIpc) is 2.14. The lowest BCUT2D eigenvalue weighted by molar-refractivity contribution is 1.35. The molecule has 1 rings (SSSR count). The van der Waals surface area contributed by atoms with E-state index in [-0.39, 0.29) is 0 Å². The lowest BCUT2D eigenvalue weighted by atomic mass is 11.0. The first kappa shape index (κ1) is 4.39. The first-order chi connectivity index (χ1) is 3.43. The Hall–Kier alpha value is -0.770. The summed E-state index contributed by atoms with van der Waals surface area (Å²) in [5, 5.41) is 4.99. The Bertz CT molecular complexity index is 145. The largest absolute Gasteiger partial charge is 0.704 e. The first-order valence-corrected chi connectivity index (χ1v) is 2.56. The fourth-order valence-corrected chi connectivity index (χ4v) is 0.678. The minimum Gasteiger partial charge on any atom is -0.704 e. The van der Waals surface area contributed by atoms with Crippen LogP contribution in [0.1, 0.15) is 0 Å². The van der Waals surface area contributed by atoms with Gasteiger partial charge >= 0.3 is 0 Å². The minimum absolute atomic E-state index is 0.403. The van der Waals surface area contributed by atoms with Crippen molar-refractivity contribution in [1.29, 1.82) is 0 Å². The Morgan fingerprint density at radius 3 is 3.00 bits per heavy atom. The lowest BCUT2D eigenvalue weighted by Gasteiger charge is -1.80. The van der Waals surface area contributed by atoms with Gasteiger partial charge in [0.2, 0.25) is 0 Å². The molecular formula is C3H2N3S-. The third kappa shape index (κ3) is 0.806. The molecule has 0 fully saturated rings. The number of hydrogen-bond acceptors (Lipinski definition) is 3. The van der Waals surface area contributed by atoms with Gasteiger partial charge in [0.05, 0.1) is 0 Å². The van der Waals surface area contributed by atoms with Crippen molar-refractivity contribution in [3.8, 4) is 0 Å². The minimum atomic E-state index is 0.403. The molecule has 36 valence electrons. The van der Waals surface area contributed by atoms with Gasteiger partial charge in [0.25, 0.3) is 0 Å². The summed E-state index contributed by atoms with van der Waals surface area (Å²) in [4.78, 5) is 3.64. The molecule has 0 saturated heterocycles. The molecule has 0 saturated carbocycles. The summed E-state index contributed by atoms with van der Waals surface area (Å²) in [6.45, 7) is 0. The maximum atomic E-state index is 8.00. The third-order valence-corrected chi connectivity index (χ3v) is 1.16. The second-order valence-corrected chi connectivity index (χ2v) is 1.79. The van der Waals surface area contributed by atoms with Gasteiger partial charge in [0, 0.05) is 11.6 Å². The molecule has 1 aromatic heterocycles. The van der Waals surface area contributed by atoms with E-state index in [0.717, 1.165) is 0 Å². The predicted molar refractivity (Wildman–Crippen MR) is 27.6 cm³/mol. The van der Waals surface area contributed by atoms with E-state index in [2.05, 4.69) is 10.1 Å². The summed E-state index contributed by atoms with van der Waals surface area (Å²) < 4.78 is 0. The molecule has 0 aliphatic carbocycles. The van der Waals surface area contributed by atoms with Gasteiger partial charge in [-0.2, -0.15) is 0 Å². The molecule has 1 heterocycles. The van der Waals surface area contributed by atoms with E-state index in [1.54, 1.807) is 11.6 Å². The van der Waals surface area contributed by atoms with E-state index >= 15 is 0 Å². The highest BCUT2D eigenvalue weighted by atomic mass is 32.1. The van der Waals surface area contributed by atoms with Gasteiger partial charge in [-0.15, -0.1) is 11.3 Å². The van der Waals surface area contributed by atoms with Crippen LogP contribution in [-0.4, -0.2) is 4.98 Å². The van der Waals surface area contributed by atoms with Crippen LogP contribution in [0.25, 0.3) is 5.53 Å². The zero-order chi connectivity index (χ0) is 5.11.